The van der Waals surface area contributed by atoms with E-state index in [0.717, 1.165) is 40.1 Å². The van der Waals surface area contributed by atoms with Gasteiger partial charge >= 0.3 is 0 Å². The van der Waals surface area contributed by atoms with E-state index in [1.165, 1.54) is 42.1 Å². The van der Waals surface area contributed by atoms with Crippen molar-refractivity contribution in [2.75, 3.05) is 26.2 Å². The van der Waals surface area contributed by atoms with E-state index in [0.29, 0.717) is 12.5 Å². The molecule has 3 aromatic carbocycles. The fourth-order valence-electron chi connectivity index (χ4n) is 4.60. The Bertz CT molecular complexity index is 1280. The lowest BCUT2D eigenvalue weighted by atomic mass is 10.0. The predicted octanol–water partition coefficient (Wildman–Crippen LogP) is 8.48. The molecule has 0 amide bonds. The van der Waals surface area contributed by atoms with Gasteiger partial charge in [-0.15, -0.1) is 23.7 Å². The molecule has 5 rings (SSSR count). The van der Waals surface area contributed by atoms with Gasteiger partial charge in [-0.2, -0.15) is 0 Å². The molecule has 2 heterocycles. The Hall–Kier alpha value is -2.73. The number of nitrogens with zero attached hydrogens (tertiary/aromatic N) is 1. The lowest BCUT2D eigenvalue weighted by Crippen LogP contribution is -2.33. The molecule has 0 radical (unpaired) electrons. The number of benzene rings is 3. The second-order valence-electron chi connectivity index (χ2n) is 9.53. The van der Waals surface area contributed by atoms with Gasteiger partial charge in [-0.3, -0.25) is 4.90 Å². The molecule has 1 saturated heterocycles. The van der Waals surface area contributed by atoms with Crippen molar-refractivity contribution in [2.24, 2.45) is 0 Å². The highest BCUT2D eigenvalue weighted by atomic mass is 35.5. The third-order valence-corrected chi connectivity index (χ3v) is 8.00. The van der Waals surface area contributed by atoms with Gasteiger partial charge in [0, 0.05) is 27.2 Å². The summed E-state index contributed by atoms with van der Waals surface area (Å²) in [5, 5.41) is 11.9. The van der Waals surface area contributed by atoms with Crippen molar-refractivity contribution in [2.45, 2.75) is 39.0 Å². The van der Waals surface area contributed by atoms with Gasteiger partial charge in [0.15, 0.2) is 0 Å². The van der Waals surface area contributed by atoms with Crippen molar-refractivity contribution in [3.8, 4) is 33.4 Å². The van der Waals surface area contributed by atoms with Crippen LogP contribution >= 0.6 is 23.7 Å². The first-order valence-corrected chi connectivity index (χ1v) is 13.4. The van der Waals surface area contributed by atoms with Crippen LogP contribution in [0.25, 0.3) is 21.2 Å². The highest BCUT2D eigenvalue weighted by molar-refractivity contribution is 7.15. The summed E-state index contributed by atoms with van der Waals surface area (Å²) in [4.78, 5) is 5.01. The molecule has 36 heavy (non-hydrogen) atoms. The molecular weight excluding hydrogens is 490 g/mol. The van der Waals surface area contributed by atoms with Crippen LogP contribution in [0.3, 0.4) is 0 Å². The number of hydrogen-bond acceptors (Lipinski definition) is 5. The van der Waals surface area contributed by atoms with E-state index < -0.39 is 0 Å². The number of phenolic OH excluding ortho intramolecular Hbond substituents is 1. The lowest BCUT2D eigenvalue weighted by Gasteiger charge is -2.26. The first-order chi connectivity index (χ1) is 17.1. The Morgan fingerprint density at radius 1 is 0.889 bits per heavy atom. The first kappa shape index (κ1) is 26.3. The van der Waals surface area contributed by atoms with Crippen LogP contribution in [0.15, 0.2) is 66.7 Å². The van der Waals surface area contributed by atoms with Gasteiger partial charge < -0.3 is 14.6 Å². The number of fused-ring (bicyclic) bond motifs is 1. The normalized spacial score (nSPS) is 14.1. The Kier molecular flexibility index (Phi) is 8.78. The third-order valence-electron chi connectivity index (χ3n) is 6.58. The molecule has 1 N–H and O–H groups in total. The molecule has 0 saturated carbocycles. The molecule has 1 aliphatic rings. The van der Waals surface area contributed by atoms with Crippen LogP contribution in [-0.2, 0) is 0 Å². The van der Waals surface area contributed by atoms with E-state index in [9.17, 15) is 5.11 Å². The van der Waals surface area contributed by atoms with Gasteiger partial charge in [-0.25, -0.2) is 0 Å². The number of likely N-dealkylation sites (tertiary alicyclic amines) is 1. The summed E-state index contributed by atoms with van der Waals surface area (Å²) in [6.45, 7) is 8.48. The minimum Gasteiger partial charge on any atom is -0.508 e. The number of thiophene rings is 1. The van der Waals surface area contributed by atoms with Crippen LogP contribution in [0.4, 0.5) is 0 Å². The molecule has 1 fully saturated rings. The standard InChI is InChI=1S/C30H33NO3S.ClH/c1-21(2)28-14-15-29(35-28)27-12-6-22-20-23(32)7-13-26(22)30(27)34-25-10-8-24(9-11-25)33-19-18-31-16-4-3-5-17-31;/h6-15,20-21,32H,3-5,16-19H2,1-2H3;1H. The molecule has 190 valence electrons. The van der Waals surface area contributed by atoms with Gasteiger partial charge in [-0.05, 0) is 97.9 Å². The molecule has 0 aliphatic carbocycles. The molecule has 0 bridgehead atoms. The third kappa shape index (κ3) is 6.15. The topological polar surface area (TPSA) is 41.9 Å². The molecule has 6 heteroatoms. The van der Waals surface area contributed by atoms with Crippen molar-refractivity contribution in [1.82, 2.24) is 4.90 Å². The van der Waals surface area contributed by atoms with Gasteiger partial charge in [0.2, 0.25) is 0 Å². The molecule has 4 aromatic rings. The minimum atomic E-state index is 0. The van der Waals surface area contributed by atoms with Crippen LogP contribution in [0.1, 0.15) is 43.9 Å². The fourth-order valence-corrected chi connectivity index (χ4v) is 5.63. The molecule has 0 spiro atoms. The summed E-state index contributed by atoms with van der Waals surface area (Å²) in [7, 11) is 0. The van der Waals surface area contributed by atoms with E-state index in [1.54, 1.807) is 23.5 Å². The van der Waals surface area contributed by atoms with Gasteiger partial charge in [0.25, 0.3) is 0 Å². The summed E-state index contributed by atoms with van der Waals surface area (Å²) < 4.78 is 12.5. The fraction of sp³-hybridized carbons (Fsp3) is 0.333. The maximum Gasteiger partial charge on any atom is 0.143 e. The van der Waals surface area contributed by atoms with Crippen molar-refractivity contribution >= 4 is 34.5 Å². The average molecular weight is 524 g/mol. The van der Waals surface area contributed by atoms with Crippen LogP contribution in [0.2, 0.25) is 0 Å². The molecule has 0 atom stereocenters. The quantitative estimate of drug-likeness (QED) is 0.251. The number of rotatable bonds is 8. The van der Waals surface area contributed by atoms with Crippen molar-refractivity contribution in [3.63, 3.8) is 0 Å². The Balaban J connectivity index is 0.00000304. The van der Waals surface area contributed by atoms with Crippen LogP contribution in [-0.4, -0.2) is 36.2 Å². The SMILES string of the molecule is CC(C)c1ccc(-c2ccc3cc(O)ccc3c2Oc2ccc(OCCN3CCCCC3)cc2)s1.Cl. The van der Waals surface area contributed by atoms with E-state index in [2.05, 4.69) is 36.9 Å². The zero-order valence-corrected chi connectivity index (χ0v) is 22.5. The van der Waals surface area contributed by atoms with Gasteiger partial charge in [0.05, 0.1) is 0 Å². The van der Waals surface area contributed by atoms with Crippen LogP contribution in [0, 0.1) is 0 Å². The molecule has 4 nitrogen and oxygen atoms in total. The first-order valence-electron chi connectivity index (χ1n) is 12.6. The monoisotopic (exact) mass is 523 g/mol. The maximum absolute atomic E-state index is 9.99. The molecule has 1 aliphatic heterocycles. The molecule has 1 aromatic heterocycles. The number of aromatic hydroxyl groups is 1. The summed E-state index contributed by atoms with van der Waals surface area (Å²) in [6.07, 6.45) is 3.95. The molecule has 0 unspecified atom stereocenters. The number of halogens is 1. The summed E-state index contributed by atoms with van der Waals surface area (Å²) in [5.41, 5.74) is 1.06. The van der Waals surface area contributed by atoms with Gasteiger partial charge in [-0.1, -0.05) is 26.3 Å². The van der Waals surface area contributed by atoms with Crippen molar-refractivity contribution in [1.29, 1.82) is 0 Å². The summed E-state index contributed by atoms with van der Waals surface area (Å²) in [5.74, 6) is 3.16. The number of phenols is 1. The number of hydrogen-bond donors (Lipinski definition) is 1. The Morgan fingerprint density at radius 2 is 1.64 bits per heavy atom. The van der Waals surface area contributed by atoms with E-state index in [1.807, 2.05) is 36.4 Å². The van der Waals surface area contributed by atoms with E-state index in [4.69, 9.17) is 9.47 Å². The number of piperidine rings is 1. The maximum atomic E-state index is 9.99. The van der Waals surface area contributed by atoms with Crippen molar-refractivity contribution in [3.05, 3.63) is 71.6 Å². The Labute approximate surface area is 223 Å². The predicted molar refractivity (Wildman–Crippen MR) is 153 cm³/mol. The summed E-state index contributed by atoms with van der Waals surface area (Å²) in [6, 6.07) is 21.8. The minimum absolute atomic E-state index is 0. The largest absolute Gasteiger partial charge is 0.508 e. The second-order valence-corrected chi connectivity index (χ2v) is 10.6. The van der Waals surface area contributed by atoms with Crippen LogP contribution < -0.4 is 9.47 Å². The summed E-state index contributed by atoms with van der Waals surface area (Å²) >= 11 is 1.80. The van der Waals surface area contributed by atoms with E-state index in [-0.39, 0.29) is 18.2 Å². The highest BCUT2D eigenvalue weighted by Gasteiger charge is 2.16. The zero-order valence-electron chi connectivity index (χ0n) is 20.9. The Morgan fingerprint density at radius 3 is 2.36 bits per heavy atom. The molecular formula is C30H34ClNO3S. The number of ether oxygens (including phenoxy) is 2. The second kappa shape index (κ2) is 12.0. The van der Waals surface area contributed by atoms with E-state index >= 15 is 0 Å². The smallest absolute Gasteiger partial charge is 0.143 e. The van der Waals surface area contributed by atoms with Gasteiger partial charge in [0.1, 0.15) is 29.6 Å². The average Bonchev–Trinajstić information content (AvgIpc) is 3.36. The highest BCUT2D eigenvalue weighted by Crippen LogP contribution is 2.43. The van der Waals surface area contributed by atoms with Crippen LogP contribution in [0.5, 0.6) is 23.0 Å². The van der Waals surface area contributed by atoms with Crippen molar-refractivity contribution < 1.29 is 14.6 Å². The zero-order chi connectivity index (χ0) is 24.2. The lowest BCUT2D eigenvalue weighted by molar-refractivity contribution is 0.183.